The molecule has 1 aromatic rings. The standard InChI is InChI=1S/C18H26FN3O/c1-2-6-15-12-16(22-21-15)17(23)20-18(9-3-4-10-18)13-7-5-8-14(19)11-13/h5,7-8,11,15-16,21-22H,2-4,6,9-10,12H2,1H3,(H,20,23). The highest BCUT2D eigenvalue weighted by Gasteiger charge is 2.40. The van der Waals surface area contributed by atoms with E-state index in [-0.39, 0.29) is 17.8 Å². The lowest BCUT2D eigenvalue weighted by Crippen LogP contribution is -2.51. The van der Waals surface area contributed by atoms with E-state index < -0.39 is 5.54 Å². The van der Waals surface area contributed by atoms with Crippen molar-refractivity contribution in [2.24, 2.45) is 0 Å². The maximum atomic E-state index is 13.6. The van der Waals surface area contributed by atoms with Crippen molar-refractivity contribution in [3.63, 3.8) is 0 Å². The third-order valence-corrected chi connectivity index (χ3v) is 5.13. The molecule has 0 bridgehead atoms. The molecule has 3 N–H and O–H groups in total. The van der Waals surface area contributed by atoms with Crippen molar-refractivity contribution in [3.8, 4) is 0 Å². The van der Waals surface area contributed by atoms with Crippen LogP contribution in [-0.2, 0) is 10.3 Å². The maximum Gasteiger partial charge on any atom is 0.239 e. The molecule has 1 saturated carbocycles. The zero-order chi connectivity index (χ0) is 16.3. The number of benzene rings is 1. The van der Waals surface area contributed by atoms with Crippen LogP contribution in [0.1, 0.15) is 57.4 Å². The van der Waals surface area contributed by atoms with Crippen LogP contribution < -0.4 is 16.2 Å². The molecule has 2 fully saturated rings. The topological polar surface area (TPSA) is 53.2 Å². The first-order chi connectivity index (χ1) is 11.1. The predicted molar refractivity (Wildman–Crippen MR) is 88.1 cm³/mol. The van der Waals surface area contributed by atoms with E-state index in [0.29, 0.717) is 6.04 Å². The van der Waals surface area contributed by atoms with Crippen LogP contribution in [0.3, 0.4) is 0 Å². The van der Waals surface area contributed by atoms with E-state index in [1.54, 1.807) is 12.1 Å². The number of amides is 1. The Kier molecular flexibility index (Phi) is 4.97. The minimum absolute atomic E-state index is 0.0160. The van der Waals surface area contributed by atoms with Gasteiger partial charge in [0.15, 0.2) is 0 Å². The molecule has 3 rings (SSSR count). The lowest BCUT2D eigenvalue weighted by atomic mass is 9.87. The van der Waals surface area contributed by atoms with Crippen LogP contribution in [0.25, 0.3) is 0 Å². The molecule has 0 spiro atoms. The molecule has 2 unspecified atom stereocenters. The number of nitrogens with one attached hydrogen (secondary N) is 3. The molecule has 1 aliphatic carbocycles. The van der Waals surface area contributed by atoms with Gasteiger partial charge in [-0.3, -0.25) is 10.2 Å². The molecule has 0 aromatic heterocycles. The third kappa shape index (κ3) is 3.56. The molecule has 1 saturated heterocycles. The Bertz CT molecular complexity index is 557. The first-order valence-corrected chi connectivity index (χ1v) is 8.72. The van der Waals surface area contributed by atoms with Gasteiger partial charge in [-0.2, -0.15) is 0 Å². The van der Waals surface area contributed by atoms with Gasteiger partial charge in [-0.15, -0.1) is 0 Å². The second-order valence-electron chi connectivity index (χ2n) is 6.85. The number of carbonyl (C=O) groups excluding carboxylic acids is 1. The van der Waals surface area contributed by atoms with E-state index >= 15 is 0 Å². The summed E-state index contributed by atoms with van der Waals surface area (Å²) in [5.74, 6) is -0.228. The van der Waals surface area contributed by atoms with Gasteiger partial charge in [0.2, 0.25) is 5.91 Å². The second-order valence-corrected chi connectivity index (χ2v) is 6.85. The van der Waals surface area contributed by atoms with Crippen LogP contribution in [0, 0.1) is 5.82 Å². The Morgan fingerprint density at radius 2 is 2.13 bits per heavy atom. The molecule has 0 radical (unpaired) electrons. The van der Waals surface area contributed by atoms with Gasteiger partial charge in [-0.05, 0) is 43.4 Å². The first kappa shape index (κ1) is 16.4. The van der Waals surface area contributed by atoms with Gasteiger partial charge in [-0.25, -0.2) is 9.82 Å². The molecule has 2 atom stereocenters. The van der Waals surface area contributed by atoms with Gasteiger partial charge in [0.1, 0.15) is 11.9 Å². The second kappa shape index (κ2) is 6.97. The summed E-state index contributed by atoms with van der Waals surface area (Å²) < 4.78 is 13.6. The Labute approximate surface area is 137 Å². The molecule has 23 heavy (non-hydrogen) atoms. The minimum Gasteiger partial charge on any atom is -0.345 e. The van der Waals surface area contributed by atoms with Crippen molar-refractivity contribution in [1.29, 1.82) is 0 Å². The summed E-state index contributed by atoms with van der Waals surface area (Å²) >= 11 is 0. The van der Waals surface area contributed by atoms with Crippen molar-refractivity contribution in [3.05, 3.63) is 35.6 Å². The Balaban J connectivity index is 1.72. The first-order valence-electron chi connectivity index (χ1n) is 8.72. The van der Waals surface area contributed by atoms with E-state index in [0.717, 1.165) is 50.5 Å². The summed E-state index contributed by atoms with van der Waals surface area (Å²) in [6.07, 6.45) is 6.84. The van der Waals surface area contributed by atoms with Gasteiger partial charge >= 0.3 is 0 Å². The zero-order valence-electron chi connectivity index (χ0n) is 13.7. The smallest absolute Gasteiger partial charge is 0.239 e. The van der Waals surface area contributed by atoms with Crippen LogP contribution in [-0.4, -0.2) is 18.0 Å². The fraction of sp³-hybridized carbons (Fsp3) is 0.611. The largest absolute Gasteiger partial charge is 0.345 e. The van der Waals surface area contributed by atoms with E-state index in [4.69, 9.17) is 0 Å². The van der Waals surface area contributed by atoms with E-state index in [9.17, 15) is 9.18 Å². The van der Waals surface area contributed by atoms with Gasteiger partial charge < -0.3 is 5.32 Å². The summed E-state index contributed by atoms with van der Waals surface area (Å²) in [5, 5.41) is 3.23. The highest BCUT2D eigenvalue weighted by molar-refractivity contribution is 5.83. The Morgan fingerprint density at radius 1 is 1.35 bits per heavy atom. The normalized spacial score (nSPS) is 26.3. The Morgan fingerprint density at radius 3 is 2.83 bits per heavy atom. The lowest BCUT2D eigenvalue weighted by molar-refractivity contribution is -0.125. The summed E-state index contributed by atoms with van der Waals surface area (Å²) in [7, 11) is 0. The average Bonchev–Trinajstić information content (AvgIpc) is 3.18. The number of rotatable bonds is 5. The van der Waals surface area contributed by atoms with Crippen LogP contribution in [0.2, 0.25) is 0 Å². The van der Waals surface area contributed by atoms with Crippen molar-refractivity contribution < 1.29 is 9.18 Å². The summed E-state index contributed by atoms with van der Waals surface area (Å²) in [5.41, 5.74) is 6.79. The molecule has 126 valence electrons. The lowest BCUT2D eigenvalue weighted by Gasteiger charge is -2.32. The van der Waals surface area contributed by atoms with E-state index in [2.05, 4.69) is 23.1 Å². The van der Waals surface area contributed by atoms with Crippen molar-refractivity contribution >= 4 is 5.91 Å². The summed E-state index contributed by atoms with van der Waals surface area (Å²) in [6, 6.07) is 6.80. The maximum absolute atomic E-state index is 13.6. The molecule has 2 aliphatic rings. The Hall–Kier alpha value is -1.46. The molecule has 5 heteroatoms. The SMILES string of the molecule is CCCC1CC(C(=O)NC2(c3cccc(F)c3)CCCC2)NN1. The molecule has 1 aromatic carbocycles. The molecule has 1 heterocycles. The van der Waals surface area contributed by atoms with Gasteiger partial charge in [0.25, 0.3) is 0 Å². The molecule has 1 aliphatic heterocycles. The van der Waals surface area contributed by atoms with Gasteiger partial charge in [0, 0.05) is 6.04 Å². The highest BCUT2D eigenvalue weighted by atomic mass is 19.1. The zero-order valence-corrected chi connectivity index (χ0v) is 13.7. The van der Waals surface area contributed by atoms with Crippen LogP contribution in [0.4, 0.5) is 4.39 Å². The number of hydrazine groups is 1. The molecular weight excluding hydrogens is 293 g/mol. The predicted octanol–water partition coefficient (Wildman–Crippen LogP) is 2.75. The highest BCUT2D eigenvalue weighted by Crippen LogP contribution is 2.39. The van der Waals surface area contributed by atoms with Crippen LogP contribution >= 0.6 is 0 Å². The van der Waals surface area contributed by atoms with Crippen molar-refractivity contribution in [2.75, 3.05) is 0 Å². The summed E-state index contributed by atoms with van der Waals surface area (Å²) in [4.78, 5) is 12.7. The fourth-order valence-electron chi connectivity index (χ4n) is 3.91. The molecule has 1 amide bonds. The number of hydrogen-bond acceptors (Lipinski definition) is 3. The molecular formula is C18H26FN3O. The molecule has 4 nitrogen and oxygen atoms in total. The number of halogens is 1. The van der Waals surface area contributed by atoms with Crippen LogP contribution in [0.5, 0.6) is 0 Å². The quantitative estimate of drug-likeness (QED) is 0.782. The average molecular weight is 319 g/mol. The van der Waals surface area contributed by atoms with Gasteiger partial charge in [0.05, 0.1) is 5.54 Å². The van der Waals surface area contributed by atoms with E-state index in [1.165, 1.54) is 6.07 Å². The van der Waals surface area contributed by atoms with Gasteiger partial charge in [-0.1, -0.05) is 38.3 Å². The minimum atomic E-state index is -0.413. The van der Waals surface area contributed by atoms with E-state index in [1.807, 2.05) is 6.07 Å². The van der Waals surface area contributed by atoms with Crippen molar-refractivity contribution in [2.45, 2.75) is 69.5 Å². The third-order valence-electron chi connectivity index (χ3n) is 5.13. The fourth-order valence-corrected chi connectivity index (χ4v) is 3.91. The van der Waals surface area contributed by atoms with Crippen molar-refractivity contribution in [1.82, 2.24) is 16.2 Å². The summed E-state index contributed by atoms with van der Waals surface area (Å²) in [6.45, 7) is 2.15. The number of carbonyl (C=O) groups is 1. The van der Waals surface area contributed by atoms with Crippen LogP contribution in [0.15, 0.2) is 24.3 Å². The number of hydrogen-bond donors (Lipinski definition) is 3. The monoisotopic (exact) mass is 319 g/mol.